The van der Waals surface area contributed by atoms with Gasteiger partial charge in [-0.25, -0.2) is 0 Å². The standard InChI is InChI=1S/C9H15NO/c11-9(5-7-1-2-7)10-6-8-3-4-8/h7-8H,1-6H2,(H,10,11). The maximum absolute atomic E-state index is 11.1. The largest absolute Gasteiger partial charge is 0.356 e. The van der Waals surface area contributed by atoms with Crippen LogP contribution in [0.4, 0.5) is 0 Å². The minimum atomic E-state index is 0.277. The van der Waals surface area contributed by atoms with Gasteiger partial charge in [-0.2, -0.15) is 0 Å². The molecule has 62 valence electrons. The van der Waals surface area contributed by atoms with E-state index in [0.29, 0.717) is 0 Å². The molecule has 1 amide bonds. The highest BCUT2D eigenvalue weighted by Gasteiger charge is 2.26. The van der Waals surface area contributed by atoms with E-state index < -0.39 is 0 Å². The molecule has 0 aromatic carbocycles. The molecular formula is C9H15NO. The number of amides is 1. The second kappa shape index (κ2) is 2.84. The predicted molar refractivity (Wildman–Crippen MR) is 43.1 cm³/mol. The molecule has 0 saturated heterocycles. The first kappa shape index (κ1) is 7.14. The van der Waals surface area contributed by atoms with Crippen molar-refractivity contribution in [1.29, 1.82) is 0 Å². The van der Waals surface area contributed by atoms with Crippen molar-refractivity contribution in [3.8, 4) is 0 Å². The topological polar surface area (TPSA) is 29.1 Å². The Bertz CT molecular complexity index is 159. The summed E-state index contributed by atoms with van der Waals surface area (Å²) in [6.45, 7) is 0.936. The first-order valence-electron chi connectivity index (χ1n) is 4.61. The molecule has 0 heterocycles. The summed E-state index contributed by atoms with van der Waals surface area (Å²) in [6, 6.07) is 0. The van der Waals surface area contributed by atoms with Gasteiger partial charge in [0.15, 0.2) is 0 Å². The zero-order valence-electron chi connectivity index (χ0n) is 6.81. The fourth-order valence-corrected chi connectivity index (χ4v) is 1.24. The summed E-state index contributed by atoms with van der Waals surface area (Å²) in [7, 11) is 0. The van der Waals surface area contributed by atoms with Crippen molar-refractivity contribution in [3.63, 3.8) is 0 Å². The molecule has 0 aromatic rings. The molecule has 0 bridgehead atoms. The van der Waals surface area contributed by atoms with Crippen molar-refractivity contribution >= 4 is 5.91 Å². The lowest BCUT2D eigenvalue weighted by Crippen LogP contribution is -2.25. The van der Waals surface area contributed by atoms with Crippen molar-refractivity contribution in [3.05, 3.63) is 0 Å². The molecule has 2 fully saturated rings. The molecule has 0 spiro atoms. The number of carbonyl (C=O) groups excluding carboxylic acids is 1. The van der Waals surface area contributed by atoms with Crippen LogP contribution in [0.2, 0.25) is 0 Å². The Labute approximate surface area is 67.4 Å². The van der Waals surface area contributed by atoms with Gasteiger partial charge in [-0.3, -0.25) is 4.79 Å². The third-order valence-corrected chi connectivity index (χ3v) is 2.46. The number of carbonyl (C=O) groups is 1. The number of hydrogen-bond donors (Lipinski definition) is 1. The SMILES string of the molecule is O=C(CC1CC1)NCC1CC1. The van der Waals surface area contributed by atoms with Crippen molar-refractivity contribution in [2.75, 3.05) is 6.54 Å². The average molecular weight is 153 g/mol. The highest BCUT2D eigenvalue weighted by atomic mass is 16.1. The van der Waals surface area contributed by atoms with Crippen LogP contribution in [0.15, 0.2) is 0 Å². The maximum Gasteiger partial charge on any atom is 0.220 e. The Kier molecular flexibility index (Phi) is 1.84. The normalized spacial score (nSPS) is 23.3. The fourth-order valence-electron chi connectivity index (χ4n) is 1.24. The molecule has 0 aliphatic heterocycles. The van der Waals surface area contributed by atoms with Gasteiger partial charge in [0.2, 0.25) is 5.91 Å². The molecule has 0 aromatic heterocycles. The lowest BCUT2D eigenvalue weighted by atomic mass is 10.3. The fraction of sp³-hybridized carbons (Fsp3) is 0.889. The molecule has 2 rings (SSSR count). The Morgan fingerprint density at radius 1 is 1.18 bits per heavy atom. The van der Waals surface area contributed by atoms with Crippen LogP contribution in [0.5, 0.6) is 0 Å². The van der Waals surface area contributed by atoms with E-state index in [9.17, 15) is 4.79 Å². The molecule has 11 heavy (non-hydrogen) atoms. The summed E-state index contributed by atoms with van der Waals surface area (Å²) in [6.07, 6.45) is 5.98. The lowest BCUT2D eigenvalue weighted by Gasteiger charge is -2.01. The van der Waals surface area contributed by atoms with E-state index >= 15 is 0 Å². The van der Waals surface area contributed by atoms with Gasteiger partial charge in [0.25, 0.3) is 0 Å². The molecule has 0 unspecified atom stereocenters. The first-order valence-corrected chi connectivity index (χ1v) is 4.61. The molecule has 0 radical (unpaired) electrons. The van der Waals surface area contributed by atoms with Gasteiger partial charge in [0, 0.05) is 13.0 Å². The summed E-state index contributed by atoms with van der Waals surface area (Å²) < 4.78 is 0. The molecule has 1 N–H and O–H groups in total. The second-order valence-electron chi connectivity index (χ2n) is 3.89. The minimum Gasteiger partial charge on any atom is -0.356 e. The van der Waals surface area contributed by atoms with Gasteiger partial charge in [0.1, 0.15) is 0 Å². The van der Waals surface area contributed by atoms with Crippen LogP contribution < -0.4 is 5.32 Å². The molecule has 2 heteroatoms. The van der Waals surface area contributed by atoms with Crippen LogP contribution in [0.25, 0.3) is 0 Å². The lowest BCUT2D eigenvalue weighted by molar-refractivity contribution is -0.121. The Hall–Kier alpha value is -0.530. The monoisotopic (exact) mass is 153 g/mol. The summed E-state index contributed by atoms with van der Waals surface area (Å²) >= 11 is 0. The summed E-state index contributed by atoms with van der Waals surface area (Å²) in [5.74, 6) is 1.83. The third kappa shape index (κ3) is 2.52. The Morgan fingerprint density at radius 2 is 1.82 bits per heavy atom. The van der Waals surface area contributed by atoms with Gasteiger partial charge in [-0.05, 0) is 37.5 Å². The van der Waals surface area contributed by atoms with Crippen molar-refractivity contribution in [1.82, 2.24) is 5.32 Å². The predicted octanol–water partition coefficient (Wildman–Crippen LogP) is 1.31. The first-order chi connectivity index (χ1) is 5.34. The van der Waals surface area contributed by atoms with Crippen molar-refractivity contribution in [2.45, 2.75) is 32.1 Å². The quantitative estimate of drug-likeness (QED) is 0.648. The van der Waals surface area contributed by atoms with E-state index in [0.717, 1.165) is 24.8 Å². The van der Waals surface area contributed by atoms with E-state index in [1.807, 2.05) is 0 Å². The van der Waals surface area contributed by atoms with Crippen LogP contribution in [0.1, 0.15) is 32.1 Å². The molecule has 2 aliphatic carbocycles. The smallest absolute Gasteiger partial charge is 0.220 e. The van der Waals surface area contributed by atoms with E-state index in [-0.39, 0.29) is 5.91 Å². The van der Waals surface area contributed by atoms with Crippen LogP contribution >= 0.6 is 0 Å². The van der Waals surface area contributed by atoms with Crippen molar-refractivity contribution in [2.24, 2.45) is 11.8 Å². The second-order valence-corrected chi connectivity index (χ2v) is 3.89. The molecule has 2 nitrogen and oxygen atoms in total. The van der Waals surface area contributed by atoms with Crippen LogP contribution in [0, 0.1) is 11.8 Å². The van der Waals surface area contributed by atoms with Crippen LogP contribution in [-0.4, -0.2) is 12.5 Å². The zero-order chi connectivity index (χ0) is 7.68. The zero-order valence-corrected chi connectivity index (χ0v) is 6.81. The number of hydrogen-bond acceptors (Lipinski definition) is 1. The van der Waals surface area contributed by atoms with E-state index in [1.165, 1.54) is 25.7 Å². The molecule has 2 aliphatic rings. The summed E-state index contributed by atoms with van der Waals surface area (Å²) in [5, 5.41) is 2.98. The van der Waals surface area contributed by atoms with Gasteiger partial charge in [-0.15, -0.1) is 0 Å². The van der Waals surface area contributed by atoms with Crippen molar-refractivity contribution < 1.29 is 4.79 Å². The minimum absolute atomic E-state index is 0.277. The van der Waals surface area contributed by atoms with Crippen LogP contribution in [0.3, 0.4) is 0 Å². The summed E-state index contributed by atoms with van der Waals surface area (Å²) in [4.78, 5) is 11.1. The summed E-state index contributed by atoms with van der Waals surface area (Å²) in [5.41, 5.74) is 0. The Morgan fingerprint density at radius 3 is 2.36 bits per heavy atom. The van der Waals surface area contributed by atoms with Gasteiger partial charge < -0.3 is 5.32 Å². The molecule has 0 atom stereocenters. The van der Waals surface area contributed by atoms with Crippen LogP contribution in [-0.2, 0) is 4.79 Å². The van der Waals surface area contributed by atoms with Gasteiger partial charge in [0.05, 0.1) is 0 Å². The van der Waals surface area contributed by atoms with E-state index in [2.05, 4.69) is 5.32 Å². The average Bonchev–Trinajstić information content (AvgIpc) is 2.80. The highest BCUT2D eigenvalue weighted by Crippen LogP contribution is 2.32. The highest BCUT2D eigenvalue weighted by molar-refractivity contribution is 5.76. The number of nitrogens with one attached hydrogen (secondary N) is 1. The Balaban J connectivity index is 1.56. The van der Waals surface area contributed by atoms with Gasteiger partial charge >= 0.3 is 0 Å². The van der Waals surface area contributed by atoms with Gasteiger partial charge in [-0.1, -0.05) is 0 Å². The maximum atomic E-state index is 11.1. The van der Waals surface area contributed by atoms with E-state index in [1.54, 1.807) is 0 Å². The third-order valence-electron chi connectivity index (χ3n) is 2.46. The number of rotatable bonds is 4. The molecular weight excluding hydrogens is 138 g/mol. The van der Waals surface area contributed by atoms with E-state index in [4.69, 9.17) is 0 Å². The molecule has 2 saturated carbocycles.